The number of nitrogens with zero attached hydrogens (tertiary/aromatic N) is 1. The van der Waals surface area contributed by atoms with Gasteiger partial charge in [-0.25, -0.2) is 10.4 Å². The van der Waals surface area contributed by atoms with Gasteiger partial charge in [0.05, 0.1) is 13.3 Å². The van der Waals surface area contributed by atoms with Crippen LogP contribution in [0.1, 0.15) is 35.7 Å². The topological polar surface area (TPSA) is 151 Å². The number of nitrogens with one attached hydrogen (secondary N) is 3. The number of ether oxygens (including phenoxy) is 1. The van der Waals surface area contributed by atoms with E-state index in [2.05, 4.69) is 22.1 Å². The van der Waals surface area contributed by atoms with Crippen molar-refractivity contribution in [1.29, 1.82) is 10.8 Å². The zero-order valence-electron chi connectivity index (χ0n) is 18.7. The first kappa shape index (κ1) is 25.0. The standard InChI is InChI=1S/C24H23ClN6O2S/c1-13(11-26)22(28)15-6-7-16(17(9-15)18-10-20(25)30-12-19(18)33-2)23(32)31-24(29)34-21(27)8-5-14-3-4-14/h6-7,9-12,14,26-27H,3-4,28H2,1-2H3,(H2,29,31,32)/p+1/b22-13-,26-11?,27-21?. The van der Waals surface area contributed by atoms with Crippen molar-refractivity contribution < 1.29 is 14.9 Å². The fourth-order valence-corrected chi connectivity index (χ4v) is 3.59. The largest absolute Gasteiger partial charge is 0.494 e. The summed E-state index contributed by atoms with van der Waals surface area (Å²) in [4.78, 5) is 17.2. The molecule has 0 radical (unpaired) electrons. The summed E-state index contributed by atoms with van der Waals surface area (Å²) in [5, 5.41) is 24.3. The molecule has 0 saturated heterocycles. The second-order valence-corrected chi connectivity index (χ2v) is 8.94. The second-order valence-electron chi connectivity index (χ2n) is 7.50. The average molecular weight is 496 g/mol. The lowest BCUT2D eigenvalue weighted by molar-refractivity contribution is -0.106. The normalized spacial score (nSPS) is 13.1. The number of pyridine rings is 1. The number of aromatic nitrogens is 1. The number of rotatable bonds is 5. The van der Waals surface area contributed by atoms with Crippen LogP contribution in [-0.2, 0) is 0 Å². The number of carbonyl (C=O) groups is 1. The highest BCUT2D eigenvalue weighted by molar-refractivity contribution is 8.26. The summed E-state index contributed by atoms with van der Waals surface area (Å²) < 4.78 is 5.43. The number of amidine groups is 1. The molecular weight excluding hydrogens is 472 g/mol. The van der Waals surface area contributed by atoms with Gasteiger partial charge in [0.2, 0.25) is 0 Å². The number of allylic oxidation sites excluding steroid dienone is 1. The van der Waals surface area contributed by atoms with E-state index in [0.29, 0.717) is 39.6 Å². The van der Waals surface area contributed by atoms with E-state index in [-0.39, 0.29) is 20.9 Å². The van der Waals surface area contributed by atoms with E-state index in [1.807, 2.05) is 0 Å². The van der Waals surface area contributed by atoms with Crippen LogP contribution in [0, 0.1) is 28.6 Å². The van der Waals surface area contributed by atoms with Crippen LogP contribution in [0.4, 0.5) is 0 Å². The molecule has 174 valence electrons. The smallest absolute Gasteiger partial charge is 0.291 e. The fraction of sp³-hybridized carbons (Fsp3) is 0.208. The van der Waals surface area contributed by atoms with Crippen molar-refractivity contribution in [2.75, 3.05) is 7.11 Å². The lowest BCUT2D eigenvalue weighted by Gasteiger charge is -2.15. The van der Waals surface area contributed by atoms with E-state index in [4.69, 9.17) is 38.3 Å². The first-order valence-electron chi connectivity index (χ1n) is 10.3. The number of amides is 1. The van der Waals surface area contributed by atoms with Gasteiger partial charge in [-0.15, -0.1) is 0 Å². The van der Waals surface area contributed by atoms with Gasteiger partial charge in [0.25, 0.3) is 11.0 Å². The van der Waals surface area contributed by atoms with E-state index in [1.54, 1.807) is 31.2 Å². The van der Waals surface area contributed by atoms with Crippen LogP contribution < -0.4 is 21.2 Å². The Bertz CT molecular complexity index is 1270. The molecule has 0 spiro atoms. The van der Waals surface area contributed by atoms with Crippen LogP contribution in [0.25, 0.3) is 16.8 Å². The van der Waals surface area contributed by atoms with E-state index < -0.39 is 5.91 Å². The van der Waals surface area contributed by atoms with E-state index in [1.165, 1.54) is 13.3 Å². The van der Waals surface area contributed by atoms with Gasteiger partial charge in [-0.3, -0.25) is 10.2 Å². The molecule has 3 rings (SSSR count). The van der Waals surface area contributed by atoms with Crippen molar-refractivity contribution in [2.45, 2.75) is 19.8 Å². The SMILES string of the molecule is COc1cnc(Cl)cc1-c1cc(/C(N)=C(\C)C=N)ccc1C(=O)NC(=N)SC(=[NH2+])C#CC1CC1. The number of carbonyl (C=O) groups excluding carboxylic acids is 1. The Morgan fingerprint density at radius 1 is 1.38 bits per heavy atom. The maximum Gasteiger partial charge on any atom is 0.291 e. The maximum absolute atomic E-state index is 13.1. The first-order chi connectivity index (χ1) is 16.2. The highest BCUT2D eigenvalue weighted by atomic mass is 35.5. The summed E-state index contributed by atoms with van der Waals surface area (Å²) in [5.74, 6) is 6.10. The Hall–Kier alpha value is -3.61. The Morgan fingerprint density at radius 2 is 2.12 bits per heavy atom. The summed E-state index contributed by atoms with van der Waals surface area (Å²) in [7, 11) is 1.49. The van der Waals surface area contributed by atoms with Gasteiger partial charge in [0.1, 0.15) is 10.9 Å². The van der Waals surface area contributed by atoms with Gasteiger partial charge in [-0.2, -0.15) is 0 Å². The van der Waals surface area contributed by atoms with Gasteiger partial charge in [0.15, 0.2) is 5.17 Å². The molecule has 1 heterocycles. The van der Waals surface area contributed by atoms with Gasteiger partial charge in [-0.05, 0) is 54.7 Å². The summed E-state index contributed by atoms with van der Waals surface area (Å²) >= 11 is 7.01. The van der Waals surface area contributed by atoms with Crippen LogP contribution in [0.15, 0.2) is 36.0 Å². The van der Waals surface area contributed by atoms with Crippen LogP contribution in [0.2, 0.25) is 5.15 Å². The minimum Gasteiger partial charge on any atom is -0.494 e. The number of thioether (sulfide) groups is 1. The Balaban J connectivity index is 1.97. The molecule has 7 N–H and O–H groups in total. The van der Waals surface area contributed by atoms with Gasteiger partial charge < -0.3 is 21.2 Å². The minimum absolute atomic E-state index is 0.151. The monoisotopic (exact) mass is 495 g/mol. The number of methoxy groups -OCH3 is 1. The van der Waals surface area contributed by atoms with Gasteiger partial charge >= 0.3 is 0 Å². The van der Waals surface area contributed by atoms with Crippen LogP contribution >= 0.6 is 23.4 Å². The summed E-state index contributed by atoms with van der Waals surface area (Å²) in [6, 6.07) is 6.56. The molecule has 10 heteroatoms. The Kier molecular flexibility index (Phi) is 8.10. The molecule has 1 fully saturated rings. The van der Waals surface area contributed by atoms with Crippen LogP contribution in [-0.4, -0.2) is 34.4 Å². The molecule has 1 aromatic heterocycles. The van der Waals surface area contributed by atoms with Crippen molar-refractivity contribution in [3.05, 3.63) is 52.3 Å². The molecule has 1 aliphatic rings. The molecule has 0 bridgehead atoms. The summed E-state index contributed by atoms with van der Waals surface area (Å²) in [6.45, 7) is 1.72. The van der Waals surface area contributed by atoms with Crippen molar-refractivity contribution in [2.24, 2.45) is 11.7 Å². The molecule has 1 amide bonds. The molecule has 8 nitrogen and oxygen atoms in total. The number of nitrogens with two attached hydrogens (primary N) is 2. The number of halogens is 1. The Labute approximate surface area is 206 Å². The molecule has 0 aliphatic heterocycles. The predicted molar refractivity (Wildman–Crippen MR) is 137 cm³/mol. The van der Waals surface area contributed by atoms with E-state index >= 15 is 0 Å². The van der Waals surface area contributed by atoms with Crippen molar-refractivity contribution in [1.82, 2.24) is 10.3 Å². The van der Waals surface area contributed by atoms with Crippen LogP contribution in [0.3, 0.4) is 0 Å². The molecule has 34 heavy (non-hydrogen) atoms. The maximum atomic E-state index is 13.1. The highest BCUT2D eigenvalue weighted by Crippen LogP contribution is 2.35. The van der Waals surface area contributed by atoms with E-state index in [9.17, 15) is 4.79 Å². The lowest BCUT2D eigenvalue weighted by atomic mass is 9.95. The highest BCUT2D eigenvalue weighted by Gasteiger charge is 2.21. The number of hydrogen-bond acceptors (Lipinski definition) is 7. The molecule has 1 aromatic carbocycles. The molecule has 1 aliphatic carbocycles. The van der Waals surface area contributed by atoms with Crippen molar-refractivity contribution in [3.63, 3.8) is 0 Å². The molecule has 2 aromatic rings. The third-order valence-corrected chi connectivity index (χ3v) is 5.81. The minimum atomic E-state index is -0.525. The number of hydrogen-bond donors (Lipinski definition) is 5. The summed E-state index contributed by atoms with van der Waals surface area (Å²) in [6.07, 6.45) is 4.75. The molecular formula is C24H24ClN6O2S+. The van der Waals surface area contributed by atoms with Crippen LogP contribution in [0.5, 0.6) is 5.75 Å². The van der Waals surface area contributed by atoms with E-state index in [0.717, 1.165) is 30.8 Å². The summed E-state index contributed by atoms with van der Waals surface area (Å²) in [5.41, 5.74) is 9.03. The fourth-order valence-electron chi connectivity index (χ4n) is 2.96. The van der Waals surface area contributed by atoms with Crippen molar-refractivity contribution >= 4 is 51.4 Å². The lowest BCUT2D eigenvalue weighted by Crippen LogP contribution is -2.39. The molecule has 0 atom stereocenters. The number of benzene rings is 1. The van der Waals surface area contributed by atoms with Gasteiger partial charge in [-0.1, -0.05) is 23.6 Å². The third-order valence-electron chi connectivity index (χ3n) is 4.98. The third kappa shape index (κ3) is 6.25. The van der Waals surface area contributed by atoms with Crippen molar-refractivity contribution in [3.8, 4) is 28.7 Å². The quantitative estimate of drug-likeness (QED) is 0.187. The zero-order valence-corrected chi connectivity index (χ0v) is 20.2. The first-order valence-corrected chi connectivity index (χ1v) is 11.5. The Morgan fingerprint density at radius 3 is 2.76 bits per heavy atom. The predicted octanol–water partition coefficient (Wildman–Crippen LogP) is 2.72. The molecule has 1 saturated carbocycles. The molecule has 0 unspecified atom stereocenters. The average Bonchev–Trinajstić information content (AvgIpc) is 3.65. The zero-order chi connectivity index (χ0) is 24.8. The second kappa shape index (κ2) is 11.0. The van der Waals surface area contributed by atoms with Gasteiger partial charge in [0, 0.05) is 46.6 Å².